The van der Waals surface area contributed by atoms with E-state index in [1.165, 1.54) is 0 Å². The molecular formula is C52H31BF24N2O2. The minimum atomic E-state index is -6.13. The van der Waals surface area contributed by atoms with Crippen LogP contribution in [0.5, 0.6) is 11.6 Å². The molecule has 6 aromatic carbocycles. The lowest BCUT2D eigenvalue weighted by Gasteiger charge is -2.46. The maximum Gasteiger partial charge on any atom is 0.416 e. The van der Waals surface area contributed by atoms with Crippen LogP contribution < -0.4 is 31.2 Å². The lowest BCUT2D eigenvalue weighted by molar-refractivity contribution is -0.683. The van der Waals surface area contributed by atoms with E-state index >= 15 is 0 Å². The Hall–Kier alpha value is -7.75. The third-order valence-corrected chi connectivity index (χ3v) is 12.2. The number of nitrogens with zero attached hydrogens (tertiary/aromatic N) is 2. The molecule has 7 rings (SSSR count). The van der Waals surface area contributed by atoms with Crippen LogP contribution in [0.25, 0.3) is 0 Å². The van der Waals surface area contributed by atoms with Gasteiger partial charge in [0.15, 0.2) is 6.20 Å². The second kappa shape index (κ2) is 22.0. The van der Waals surface area contributed by atoms with Gasteiger partial charge in [-0.25, -0.2) is 4.98 Å². The number of hydrogen-bond acceptors (Lipinski definition) is 3. The minimum absolute atomic E-state index is 0.0458. The van der Waals surface area contributed by atoms with E-state index in [2.05, 4.69) is 4.98 Å². The van der Waals surface area contributed by atoms with E-state index in [1.54, 1.807) is 23.2 Å². The van der Waals surface area contributed by atoms with Gasteiger partial charge in [0.1, 0.15) is 11.9 Å². The second-order valence-electron chi connectivity index (χ2n) is 18.0. The van der Waals surface area contributed by atoms with E-state index < -0.39 is 195 Å². The van der Waals surface area contributed by atoms with Crippen LogP contribution in [0.1, 0.15) is 66.0 Å². The van der Waals surface area contributed by atoms with Gasteiger partial charge in [-0.05, 0) is 55.3 Å². The van der Waals surface area contributed by atoms with Gasteiger partial charge in [0.2, 0.25) is 18.5 Å². The molecule has 432 valence electrons. The van der Waals surface area contributed by atoms with Crippen LogP contribution in [-0.2, 0) is 56.0 Å². The normalized spacial score (nSPS) is 13.2. The summed E-state index contributed by atoms with van der Waals surface area (Å²) in [5, 5.41) is 0. The molecule has 0 aliphatic carbocycles. The average molecular weight is 1180 g/mol. The zero-order valence-corrected chi connectivity index (χ0v) is 40.3. The number of alkyl halides is 24. The number of hydrogen-bond donors (Lipinski definition) is 0. The molecule has 1 heterocycles. The van der Waals surface area contributed by atoms with Crippen molar-refractivity contribution in [2.45, 2.75) is 69.8 Å². The summed E-state index contributed by atoms with van der Waals surface area (Å²) in [5.41, 5.74) is -27.3. The van der Waals surface area contributed by atoms with Crippen molar-refractivity contribution in [3.63, 3.8) is 0 Å². The molecule has 1 aromatic heterocycles. The molecule has 29 heteroatoms. The SMILES string of the molecule is Cc1ccc(C)c(Oc2c[n+](CC(=O)c3ccccc3)ccn2)c1.FC(F)(F)c1cc([B-](c2cc(C(F)(F)F)cc(C(F)(F)F)c2)(c2cc(C(F)(F)F)cc(C(F)(F)F)c2)c2cc(C(F)(F)F)cc(C(F)(F)F)c2)cc(C(F)(F)F)c1. The highest BCUT2D eigenvalue weighted by Gasteiger charge is 2.47. The van der Waals surface area contributed by atoms with Crippen molar-refractivity contribution in [1.82, 2.24) is 4.98 Å². The van der Waals surface area contributed by atoms with Crippen LogP contribution in [-0.4, -0.2) is 16.9 Å². The molecule has 0 atom stereocenters. The zero-order valence-electron chi connectivity index (χ0n) is 40.3. The first-order valence-corrected chi connectivity index (χ1v) is 22.4. The fourth-order valence-corrected chi connectivity index (χ4v) is 8.44. The highest BCUT2D eigenvalue weighted by molar-refractivity contribution is 7.20. The van der Waals surface area contributed by atoms with E-state index in [9.17, 15) is 110 Å². The third kappa shape index (κ3) is 14.8. The number of Topliss-reactive ketones (excluding diaryl/α,β-unsaturated/α-hetero) is 1. The molecular weight excluding hydrogens is 1150 g/mol. The zero-order chi connectivity index (χ0) is 60.9. The molecule has 0 fully saturated rings. The summed E-state index contributed by atoms with van der Waals surface area (Å²) in [6.45, 7) is 4.25. The van der Waals surface area contributed by atoms with Gasteiger partial charge in [0, 0.05) is 5.56 Å². The third-order valence-electron chi connectivity index (χ3n) is 12.2. The summed E-state index contributed by atoms with van der Waals surface area (Å²) in [7, 11) is 0. The second-order valence-corrected chi connectivity index (χ2v) is 18.0. The lowest BCUT2D eigenvalue weighted by Crippen LogP contribution is -2.75. The van der Waals surface area contributed by atoms with Crippen molar-refractivity contribution in [2.75, 3.05) is 0 Å². The Balaban J connectivity index is 0.000000363. The number of aryl methyl sites for hydroxylation is 2. The number of carbonyl (C=O) groups excluding carboxylic acids is 1. The average Bonchev–Trinajstić information content (AvgIpc) is 3.04. The van der Waals surface area contributed by atoms with E-state index in [1.807, 2.05) is 62.4 Å². The van der Waals surface area contributed by atoms with Gasteiger partial charge < -0.3 is 4.74 Å². The number of carbonyl (C=O) groups is 1. The molecule has 0 unspecified atom stereocenters. The van der Waals surface area contributed by atoms with E-state index in [0.29, 0.717) is 11.4 Å². The predicted octanol–water partition coefficient (Wildman–Crippen LogP) is 14.9. The van der Waals surface area contributed by atoms with E-state index in [0.717, 1.165) is 16.9 Å². The van der Waals surface area contributed by atoms with Crippen molar-refractivity contribution in [3.8, 4) is 11.6 Å². The molecule has 0 saturated carbocycles. The smallest absolute Gasteiger partial charge is 0.416 e. The molecule has 0 aliphatic rings. The fraction of sp³-hybridized carbons (Fsp3) is 0.212. The first-order chi connectivity index (χ1) is 36.9. The Morgan fingerprint density at radius 3 is 1.04 bits per heavy atom. The maximum atomic E-state index is 14.2. The molecule has 0 saturated heterocycles. The number of rotatable bonds is 9. The van der Waals surface area contributed by atoms with Crippen molar-refractivity contribution >= 4 is 33.8 Å². The van der Waals surface area contributed by atoms with Crippen LogP contribution in [0.4, 0.5) is 105 Å². The molecule has 0 radical (unpaired) electrons. The van der Waals surface area contributed by atoms with Crippen LogP contribution >= 0.6 is 0 Å². The number of halogens is 24. The molecule has 4 nitrogen and oxygen atoms in total. The first-order valence-electron chi connectivity index (χ1n) is 22.4. The highest BCUT2D eigenvalue weighted by Crippen LogP contribution is 2.41. The molecule has 0 amide bonds. The van der Waals surface area contributed by atoms with Crippen LogP contribution in [0.3, 0.4) is 0 Å². The highest BCUT2D eigenvalue weighted by atomic mass is 19.4. The Bertz CT molecular complexity index is 2990. The molecule has 7 aromatic rings. The summed E-state index contributed by atoms with van der Waals surface area (Å²) < 4.78 is 348. The monoisotopic (exact) mass is 1180 g/mol. The van der Waals surface area contributed by atoms with E-state index in [-0.39, 0.29) is 12.3 Å². The summed E-state index contributed by atoms with van der Waals surface area (Å²) in [6.07, 6.45) is -49.7. The van der Waals surface area contributed by atoms with Gasteiger partial charge in [-0.15, -0.1) is 0 Å². The maximum absolute atomic E-state index is 14.2. The lowest BCUT2D eigenvalue weighted by atomic mass is 9.12. The summed E-state index contributed by atoms with van der Waals surface area (Å²) in [5.74, 6) is 1.28. The minimum Gasteiger partial charge on any atom is -0.434 e. The standard InChI is InChI=1S/C32H12BF24.C20H19N2O2/c34-25(35,36)13-1-14(26(37,38)39)6-21(5-13)33(22-7-15(27(40,41)42)2-16(8-22)28(43,44)45,23-9-17(29(46,47)48)3-18(10-23)30(49,50)51)24-11-19(31(52,53)54)4-20(12-24)32(55,56)57;1-15-8-9-16(2)19(12-15)24-20-14-22(11-10-21-20)13-18(23)17-6-4-3-5-7-17/h1-12H;3-12,14H,13H2,1-2H3/q-1;+1. The molecule has 81 heavy (non-hydrogen) atoms. The number of ketones is 1. The number of aromatic nitrogens is 2. The van der Waals surface area contributed by atoms with Gasteiger partial charge in [-0.2, -0.15) is 132 Å². The van der Waals surface area contributed by atoms with Crippen LogP contribution in [0, 0.1) is 13.8 Å². The molecule has 0 aliphatic heterocycles. The van der Waals surface area contributed by atoms with Crippen molar-refractivity contribution in [1.29, 1.82) is 0 Å². The molecule has 0 bridgehead atoms. The van der Waals surface area contributed by atoms with Crippen molar-refractivity contribution in [3.05, 3.63) is 201 Å². The van der Waals surface area contributed by atoms with Gasteiger partial charge >= 0.3 is 49.4 Å². The van der Waals surface area contributed by atoms with Gasteiger partial charge in [0.25, 0.3) is 5.88 Å². The first kappa shape index (κ1) is 62.5. The Kier molecular flexibility index (Phi) is 16.9. The van der Waals surface area contributed by atoms with Crippen molar-refractivity contribution in [2.24, 2.45) is 0 Å². The van der Waals surface area contributed by atoms with Crippen LogP contribution in [0.15, 0.2) is 140 Å². The summed E-state index contributed by atoms with van der Waals surface area (Å²) >= 11 is 0. The Morgan fingerprint density at radius 2 is 0.741 bits per heavy atom. The molecule has 0 spiro atoms. The van der Waals surface area contributed by atoms with Gasteiger partial charge in [-0.3, -0.25) is 4.79 Å². The van der Waals surface area contributed by atoms with Gasteiger partial charge in [0.05, 0.1) is 50.7 Å². The van der Waals surface area contributed by atoms with E-state index in [4.69, 9.17) is 4.74 Å². The summed E-state index contributed by atoms with van der Waals surface area (Å²) in [6, 6.07) is 6.47. The topological polar surface area (TPSA) is 43.1 Å². The predicted molar refractivity (Wildman–Crippen MR) is 241 cm³/mol. The molecule has 0 N–H and O–H groups in total. The van der Waals surface area contributed by atoms with Crippen LogP contribution in [0.2, 0.25) is 0 Å². The number of ether oxygens (including phenoxy) is 1. The summed E-state index contributed by atoms with van der Waals surface area (Å²) in [4.78, 5) is 16.5. The largest absolute Gasteiger partial charge is 0.434 e. The number of benzene rings is 6. The Labute approximate surface area is 440 Å². The quantitative estimate of drug-likeness (QED) is 0.0626. The van der Waals surface area contributed by atoms with Gasteiger partial charge in [-0.1, -0.05) is 91.0 Å². The Morgan fingerprint density at radius 1 is 0.432 bits per heavy atom. The fourth-order valence-electron chi connectivity index (χ4n) is 8.44. The van der Waals surface area contributed by atoms with Crippen molar-refractivity contribution < 1.29 is 119 Å².